The van der Waals surface area contributed by atoms with E-state index in [9.17, 15) is 4.79 Å². The minimum absolute atomic E-state index is 0.120. The zero-order valence-corrected chi connectivity index (χ0v) is 13.6. The van der Waals surface area contributed by atoms with Crippen molar-refractivity contribution in [3.05, 3.63) is 48.3 Å². The smallest absolute Gasteiger partial charge is 0.234 e. The van der Waals surface area contributed by atoms with Gasteiger partial charge in [0.1, 0.15) is 0 Å². The van der Waals surface area contributed by atoms with Crippen molar-refractivity contribution in [2.45, 2.75) is 38.3 Å². The van der Waals surface area contributed by atoms with E-state index in [-0.39, 0.29) is 5.91 Å². The van der Waals surface area contributed by atoms with E-state index in [1.807, 2.05) is 59.4 Å². The molecule has 0 radical (unpaired) electrons. The molecule has 0 saturated heterocycles. The fourth-order valence-electron chi connectivity index (χ4n) is 3.12. The Labute approximate surface area is 137 Å². The molecule has 1 heterocycles. The van der Waals surface area contributed by atoms with E-state index >= 15 is 0 Å². The summed E-state index contributed by atoms with van der Waals surface area (Å²) in [5.74, 6) is 0.120. The largest absolute Gasteiger partial charge is 0.352 e. The molecule has 1 aliphatic carbocycles. The molecule has 23 heavy (non-hydrogen) atoms. The van der Waals surface area contributed by atoms with Crippen LogP contribution in [0.1, 0.15) is 31.2 Å². The average Bonchev–Trinajstić information content (AvgIpc) is 3.20. The maximum Gasteiger partial charge on any atom is 0.234 e. The van der Waals surface area contributed by atoms with Gasteiger partial charge in [-0.15, -0.1) is 0 Å². The predicted octanol–water partition coefficient (Wildman–Crippen LogP) is 2.36. The zero-order valence-electron chi connectivity index (χ0n) is 13.6. The van der Waals surface area contributed by atoms with Crippen LogP contribution in [0.4, 0.5) is 0 Å². The maximum atomic E-state index is 12.1. The van der Waals surface area contributed by atoms with Gasteiger partial charge in [0.05, 0.1) is 18.4 Å². The minimum Gasteiger partial charge on any atom is -0.352 e. The van der Waals surface area contributed by atoms with Gasteiger partial charge in [-0.05, 0) is 32.0 Å². The number of amides is 1. The fraction of sp³-hybridized carbons (Fsp3) is 0.444. The van der Waals surface area contributed by atoms with Gasteiger partial charge in [-0.1, -0.05) is 31.0 Å². The Morgan fingerprint density at radius 3 is 2.78 bits per heavy atom. The van der Waals surface area contributed by atoms with Crippen molar-refractivity contribution in [1.29, 1.82) is 0 Å². The minimum atomic E-state index is 0.120. The standard InChI is InChI=1S/C18H24N4O/c1-21(14-18(23)20-16-7-5-6-8-16)12-15-11-19-22(13-15)17-9-3-2-4-10-17/h2-4,9-11,13,16H,5-8,12,14H2,1H3,(H,20,23). The molecule has 5 nitrogen and oxygen atoms in total. The van der Waals surface area contributed by atoms with Crippen LogP contribution in [-0.2, 0) is 11.3 Å². The summed E-state index contributed by atoms with van der Waals surface area (Å²) in [6.45, 7) is 1.14. The molecular weight excluding hydrogens is 288 g/mol. The first-order valence-electron chi connectivity index (χ1n) is 8.27. The summed E-state index contributed by atoms with van der Waals surface area (Å²) in [6, 6.07) is 10.4. The summed E-state index contributed by atoms with van der Waals surface area (Å²) in [5.41, 5.74) is 2.14. The van der Waals surface area contributed by atoms with Crippen LogP contribution in [0.25, 0.3) is 5.69 Å². The van der Waals surface area contributed by atoms with E-state index < -0.39 is 0 Å². The van der Waals surface area contributed by atoms with E-state index in [2.05, 4.69) is 10.4 Å². The van der Waals surface area contributed by atoms with E-state index in [4.69, 9.17) is 0 Å². The van der Waals surface area contributed by atoms with Crippen molar-refractivity contribution in [3.63, 3.8) is 0 Å². The first-order valence-corrected chi connectivity index (χ1v) is 8.27. The number of nitrogens with one attached hydrogen (secondary N) is 1. The molecule has 122 valence electrons. The van der Waals surface area contributed by atoms with Crippen LogP contribution < -0.4 is 5.32 Å². The lowest BCUT2D eigenvalue weighted by Gasteiger charge is -2.17. The van der Waals surface area contributed by atoms with E-state index in [1.54, 1.807) is 0 Å². The number of hydrogen-bond acceptors (Lipinski definition) is 3. The van der Waals surface area contributed by atoms with Crippen LogP contribution in [0.2, 0.25) is 0 Å². The Balaban J connectivity index is 1.50. The summed E-state index contributed by atoms with van der Waals surface area (Å²) in [7, 11) is 1.97. The highest BCUT2D eigenvalue weighted by atomic mass is 16.2. The zero-order chi connectivity index (χ0) is 16.1. The molecular formula is C18H24N4O. The van der Waals surface area contributed by atoms with E-state index in [0.29, 0.717) is 19.1 Å². The number of carbonyl (C=O) groups is 1. The lowest BCUT2D eigenvalue weighted by Crippen LogP contribution is -2.39. The van der Waals surface area contributed by atoms with E-state index in [0.717, 1.165) is 24.1 Å². The lowest BCUT2D eigenvalue weighted by molar-refractivity contribution is -0.122. The number of hydrogen-bond donors (Lipinski definition) is 1. The second-order valence-corrected chi connectivity index (χ2v) is 6.35. The first-order chi connectivity index (χ1) is 11.2. The normalized spacial score (nSPS) is 15.2. The Bertz CT molecular complexity index is 631. The summed E-state index contributed by atoms with van der Waals surface area (Å²) in [5, 5.41) is 7.52. The maximum absolute atomic E-state index is 12.1. The van der Waals surface area contributed by atoms with Crippen LogP contribution in [0, 0.1) is 0 Å². The molecule has 1 aromatic carbocycles. The molecule has 0 aliphatic heterocycles. The number of rotatable bonds is 6. The molecule has 1 fully saturated rings. The third kappa shape index (κ3) is 4.42. The van der Waals surface area contributed by atoms with Crippen molar-refractivity contribution in [2.24, 2.45) is 0 Å². The average molecular weight is 312 g/mol. The summed E-state index contributed by atoms with van der Waals surface area (Å²) in [4.78, 5) is 14.1. The predicted molar refractivity (Wildman–Crippen MR) is 90.3 cm³/mol. The molecule has 1 aromatic heterocycles. The van der Waals surface area contributed by atoms with Gasteiger partial charge >= 0.3 is 0 Å². The third-order valence-corrected chi connectivity index (χ3v) is 4.24. The van der Waals surface area contributed by atoms with E-state index in [1.165, 1.54) is 12.8 Å². The second-order valence-electron chi connectivity index (χ2n) is 6.35. The number of benzene rings is 1. The topological polar surface area (TPSA) is 50.2 Å². The molecule has 0 spiro atoms. The van der Waals surface area contributed by atoms with Crippen LogP contribution in [0.15, 0.2) is 42.7 Å². The number of likely N-dealkylation sites (N-methyl/N-ethyl adjacent to an activating group) is 1. The molecule has 1 N–H and O–H groups in total. The molecule has 0 unspecified atom stereocenters. The number of nitrogens with zero attached hydrogens (tertiary/aromatic N) is 3. The van der Waals surface area contributed by atoms with Gasteiger partial charge in [-0.25, -0.2) is 4.68 Å². The van der Waals surface area contributed by atoms with Gasteiger partial charge in [0.2, 0.25) is 5.91 Å². The van der Waals surface area contributed by atoms with Crippen LogP contribution >= 0.6 is 0 Å². The summed E-state index contributed by atoms with van der Waals surface area (Å²) >= 11 is 0. The Hall–Kier alpha value is -2.14. The van der Waals surface area contributed by atoms with Gasteiger partial charge in [0.15, 0.2) is 0 Å². The van der Waals surface area contributed by atoms with Gasteiger partial charge in [0.25, 0.3) is 0 Å². The molecule has 1 amide bonds. The molecule has 2 aromatic rings. The Morgan fingerprint density at radius 2 is 2.04 bits per heavy atom. The van der Waals surface area contributed by atoms with Crippen molar-refractivity contribution in [2.75, 3.05) is 13.6 Å². The number of carbonyl (C=O) groups excluding carboxylic acids is 1. The summed E-state index contributed by atoms with van der Waals surface area (Å²) < 4.78 is 1.86. The highest BCUT2D eigenvalue weighted by Crippen LogP contribution is 2.17. The monoisotopic (exact) mass is 312 g/mol. The quantitative estimate of drug-likeness (QED) is 0.891. The van der Waals surface area contributed by atoms with Gasteiger partial charge < -0.3 is 5.32 Å². The van der Waals surface area contributed by atoms with Crippen LogP contribution in [-0.4, -0.2) is 40.2 Å². The van der Waals surface area contributed by atoms with Crippen molar-refractivity contribution in [1.82, 2.24) is 20.0 Å². The SMILES string of the molecule is CN(CC(=O)NC1CCCC1)Cc1cnn(-c2ccccc2)c1. The third-order valence-electron chi connectivity index (χ3n) is 4.24. The summed E-state index contributed by atoms with van der Waals surface area (Å²) in [6.07, 6.45) is 8.59. The van der Waals surface area contributed by atoms with Gasteiger partial charge in [-0.3, -0.25) is 9.69 Å². The van der Waals surface area contributed by atoms with Crippen molar-refractivity contribution < 1.29 is 4.79 Å². The second kappa shape index (κ2) is 7.42. The van der Waals surface area contributed by atoms with Crippen molar-refractivity contribution >= 4 is 5.91 Å². The first kappa shape index (κ1) is 15.7. The molecule has 1 saturated carbocycles. The molecule has 1 aliphatic rings. The molecule has 5 heteroatoms. The lowest BCUT2D eigenvalue weighted by atomic mass is 10.2. The Kier molecular flexibility index (Phi) is 5.08. The number of para-hydroxylation sites is 1. The molecule has 0 atom stereocenters. The highest BCUT2D eigenvalue weighted by Gasteiger charge is 2.17. The van der Waals surface area contributed by atoms with Crippen LogP contribution in [0.3, 0.4) is 0 Å². The molecule has 0 bridgehead atoms. The fourth-order valence-corrected chi connectivity index (χ4v) is 3.12. The number of aromatic nitrogens is 2. The highest BCUT2D eigenvalue weighted by molar-refractivity contribution is 5.78. The van der Waals surface area contributed by atoms with Crippen molar-refractivity contribution in [3.8, 4) is 5.69 Å². The molecule has 3 rings (SSSR count). The van der Waals surface area contributed by atoms with Gasteiger partial charge in [-0.2, -0.15) is 5.10 Å². The van der Waals surface area contributed by atoms with Crippen LogP contribution in [0.5, 0.6) is 0 Å². The van der Waals surface area contributed by atoms with Gasteiger partial charge in [0, 0.05) is 24.3 Å². The Morgan fingerprint density at radius 1 is 1.30 bits per heavy atom.